The van der Waals surface area contributed by atoms with Crippen molar-refractivity contribution in [3.05, 3.63) is 0 Å². The van der Waals surface area contributed by atoms with Crippen LogP contribution in [0.3, 0.4) is 0 Å². The monoisotopic (exact) mass is 231 g/mol. The fourth-order valence-electron chi connectivity index (χ4n) is 1.21. The van der Waals surface area contributed by atoms with E-state index in [0.717, 1.165) is 6.42 Å². The first-order valence-electron chi connectivity index (χ1n) is 5.40. The van der Waals surface area contributed by atoms with E-state index in [2.05, 4.69) is 10.6 Å². The molecule has 0 spiro atoms. The topological polar surface area (TPSA) is 104 Å². The Balaban J connectivity index is 4.37. The lowest BCUT2D eigenvalue weighted by Gasteiger charge is -2.22. The van der Waals surface area contributed by atoms with Crippen LogP contribution >= 0.6 is 0 Å². The van der Waals surface area contributed by atoms with Crippen LogP contribution in [-0.2, 0) is 4.79 Å². The van der Waals surface area contributed by atoms with Crippen molar-refractivity contribution in [2.45, 2.75) is 39.3 Å². The Morgan fingerprint density at radius 3 is 2.31 bits per heavy atom. The Hall–Kier alpha value is -1.30. The second-order valence-electron chi connectivity index (χ2n) is 3.97. The van der Waals surface area contributed by atoms with Crippen molar-refractivity contribution in [1.29, 1.82) is 0 Å². The first-order valence-corrected chi connectivity index (χ1v) is 5.40. The van der Waals surface area contributed by atoms with Gasteiger partial charge in [-0.15, -0.1) is 0 Å². The summed E-state index contributed by atoms with van der Waals surface area (Å²) in [6.07, 6.45) is 0.127. The van der Waals surface area contributed by atoms with Gasteiger partial charge in [-0.2, -0.15) is 0 Å². The first kappa shape index (κ1) is 14.7. The van der Waals surface area contributed by atoms with Crippen LogP contribution in [0.1, 0.15) is 27.2 Å². The van der Waals surface area contributed by atoms with E-state index in [4.69, 9.17) is 10.8 Å². The maximum absolute atomic E-state index is 11.7. The fourth-order valence-corrected chi connectivity index (χ4v) is 1.21. The molecule has 16 heavy (non-hydrogen) atoms. The van der Waals surface area contributed by atoms with Crippen LogP contribution in [0.15, 0.2) is 0 Å². The Morgan fingerprint density at radius 1 is 1.38 bits per heavy atom. The third kappa shape index (κ3) is 5.55. The van der Waals surface area contributed by atoms with Gasteiger partial charge in [-0.3, -0.25) is 4.79 Å². The average molecular weight is 231 g/mol. The van der Waals surface area contributed by atoms with Gasteiger partial charge in [-0.05, 0) is 12.8 Å². The van der Waals surface area contributed by atoms with E-state index in [1.54, 1.807) is 6.92 Å². The molecule has 0 aromatic heterocycles. The number of amides is 3. The molecule has 0 aromatic rings. The Kier molecular flexibility index (Phi) is 6.48. The molecular weight excluding hydrogens is 210 g/mol. The molecule has 0 fully saturated rings. The van der Waals surface area contributed by atoms with Crippen molar-refractivity contribution in [3.8, 4) is 0 Å². The molecule has 0 heterocycles. The van der Waals surface area contributed by atoms with Gasteiger partial charge in [0, 0.05) is 6.54 Å². The van der Waals surface area contributed by atoms with Crippen LogP contribution in [0.25, 0.3) is 0 Å². The Morgan fingerprint density at radius 2 is 1.94 bits per heavy atom. The predicted molar refractivity (Wildman–Crippen MR) is 60.7 cm³/mol. The number of primary amides is 1. The summed E-state index contributed by atoms with van der Waals surface area (Å²) in [6.45, 7) is 5.50. The van der Waals surface area contributed by atoms with E-state index in [1.807, 2.05) is 13.8 Å². The number of hydrogen-bond acceptors (Lipinski definition) is 3. The van der Waals surface area contributed by atoms with E-state index in [9.17, 15) is 9.59 Å². The first-order chi connectivity index (χ1) is 7.38. The molecule has 6 heteroatoms. The van der Waals surface area contributed by atoms with E-state index in [-0.39, 0.29) is 18.4 Å². The number of hydrogen-bond donors (Lipinski definition) is 4. The number of carbonyl (C=O) groups is 2. The van der Waals surface area contributed by atoms with Crippen molar-refractivity contribution >= 4 is 11.9 Å². The molecule has 5 N–H and O–H groups in total. The van der Waals surface area contributed by atoms with Crippen LogP contribution in [0.5, 0.6) is 0 Å². The summed E-state index contributed by atoms with van der Waals surface area (Å²) in [5, 5.41) is 14.0. The normalized spacial score (nSPS) is 16.0. The van der Waals surface area contributed by atoms with Crippen molar-refractivity contribution < 1.29 is 14.7 Å². The molecule has 0 aliphatic carbocycles. The number of rotatable bonds is 6. The molecule has 0 aliphatic heterocycles. The number of aliphatic hydroxyl groups excluding tert-OH is 1. The molecule has 3 amide bonds. The van der Waals surface area contributed by atoms with Crippen LogP contribution in [0.4, 0.5) is 4.79 Å². The van der Waals surface area contributed by atoms with Gasteiger partial charge in [0.25, 0.3) is 0 Å². The highest BCUT2D eigenvalue weighted by atomic mass is 16.3. The van der Waals surface area contributed by atoms with Gasteiger partial charge in [0.2, 0.25) is 5.91 Å². The lowest BCUT2D eigenvalue weighted by atomic mass is 9.98. The zero-order valence-corrected chi connectivity index (χ0v) is 9.99. The van der Waals surface area contributed by atoms with Gasteiger partial charge in [0.05, 0.1) is 6.10 Å². The molecule has 0 bridgehead atoms. The molecule has 3 atom stereocenters. The third-order valence-electron chi connectivity index (χ3n) is 2.36. The number of aliphatic hydroxyl groups is 1. The van der Waals surface area contributed by atoms with Gasteiger partial charge in [0.15, 0.2) is 0 Å². The molecule has 0 aromatic carbocycles. The highest BCUT2D eigenvalue weighted by Crippen LogP contribution is 2.07. The number of nitrogens with one attached hydrogen (secondary N) is 2. The van der Waals surface area contributed by atoms with Gasteiger partial charge < -0.3 is 21.5 Å². The standard InChI is InChI=1S/C10H21N3O3/c1-4-6(2)8(13-10(11)16)9(15)12-5-7(3)14/h6-8,14H,4-5H2,1-3H3,(H,12,15)(H3,11,13,16)/t6?,7-,8?/m1/s1. The summed E-state index contributed by atoms with van der Waals surface area (Å²) in [6, 6.07) is -1.38. The second kappa shape index (κ2) is 7.05. The Bertz CT molecular complexity index is 243. The Labute approximate surface area is 95.6 Å². The van der Waals surface area contributed by atoms with Crippen LogP contribution in [-0.4, -0.2) is 35.7 Å². The van der Waals surface area contributed by atoms with Crippen molar-refractivity contribution in [2.75, 3.05) is 6.54 Å². The summed E-state index contributed by atoms with van der Waals surface area (Å²) in [7, 11) is 0. The summed E-state index contributed by atoms with van der Waals surface area (Å²) >= 11 is 0. The minimum absolute atomic E-state index is 0.0125. The molecule has 0 aliphatic rings. The molecule has 0 saturated heterocycles. The second-order valence-corrected chi connectivity index (χ2v) is 3.97. The smallest absolute Gasteiger partial charge is 0.312 e. The highest BCUT2D eigenvalue weighted by Gasteiger charge is 2.24. The molecule has 0 rings (SSSR count). The van der Waals surface area contributed by atoms with Gasteiger partial charge in [0.1, 0.15) is 6.04 Å². The summed E-state index contributed by atoms with van der Waals surface area (Å²) < 4.78 is 0. The molecule has 94 valence electrons. The molecule has 0 radical (unpaired) electrons. The van der Waals surface area contributed by atoms with E-state index < -0.39 is 18.2 Å². The van der Waals surface area contributed by atoms with Crippen molar-refractivity contribution in [1.82, 2.24) is 10.6 Å². The van der Waals surface area contributed by atoms with Crippen LogP contribution in [0.2, 0.25) is 0 Å². The zero-order valence-electron chi connectivity index (χ0n) is 9.99. The van der Waals surface area contributed by atoms with Crippen LogP contribution < -0.4 is 16.4 Å². The van der Waals surface area contributed by atoms with Crippen LogP contribution in [0, 0.1) is 5.92 Å². The molecule has 2 unspecified atom stereocenters. The minimum atomic E-state index is -0.725. The maximum atomic E-state index is 11.7. The molecule has 6 nitrogen and oxygen atoms in total. The summed E-state index contributed by atoms with van der Waals surface area (Å²) in [5.41, 5.74) is 5.00. The molecular formula is C10H21N3O3. The highest BCUT2D eigenvalue weighted by molar-refractivity contribution is 5.86. The fraction of sp³-hybridized carbons (Fsp3) is 0.800. The quantitative estimate of drug-likeness (QED) is 0.498. The van der Waals surface area contributed by atoms with Crippen molar-refractivity contribution in [2.24, 2.45) is 11.7 Å². The van der Waals surface area contributed by atoms with Gasteiger partial charge in [-0.25, -0.2) is 4.79 Å². The molecule has 0 saturated carbocycles. The van der Waals surface area contributed by atoms with E-state index >= 15 is 0 Å². The average Bonchev–Trinajstić information content (AvgIpc) is 2.21. The minimum Gasteiger partial charge on any atom is -0.392 e. The lowest BCUT2D eigenvalue weighted by molar-refractivity contribution is -0.124. The summed E-state index contributed by atoms with van der Waals surface area (Å²) in [5.74, 6) is -0.337. The third-order valence-corrected chi connectivity index (χ3v) is 2.36. The van der Waals surface area contributed by atoms with E-state index in [1.165, 1.54) is 0 Å². The van der Waals surface area contributed by atoms with E-state index in [0.29, 0.717) is 0 Å². The maximum Gasteiger partial charge on any atom is 0.312 e. The number of urea groups is 1. The number of carbonyl (C=O) groups excluding carboxylic acids is 2. The largest absolute Gasteiger partial charge is 0.392 e. The van der Waals surface area contributed by atoms with Gasteiger partial charge >= 0.3 is 6.03 Å². The number of nitrogens with two attached hydrogens (primary N) is 1. The van der Waals surface area contributed by atoms with Gasteiger partial charge in [-0.1, -0.05) is 20.3 Å². The zero-order chi connectivity index (χ0) is 12.7. The predicted octanol–water partition coefficient (Wildman–Crippen LogP) is -0.434. The summed E-state index contributed by atoms with van der Waals surface area (Å²) in [4.78, 5) is 22.4. The SMILES string of the molecule is CCC(C)C(NC(N)=O)C(=O)NC[C@@H](C)O. The lowest BCUT2D eigenvalue weighted by Crippen LogP contribution is -2.52. The van der Waals surface area contributed by atoms with Crippen molar-refractivity contribution in [3.63, 3.8) is 0 Å².